The lowest BCUT2D eigenvalue weighted by Gasteiger charge is -2.07. The van der Waals surface area contributed by atoms with E-state index >= 15 is 0 Å². The maximum atomic E-state index is 13.3. The topological polar surface area (TPSA) is 117 Å². The van der Waals surface area contributed by atoms with Crippen molar-refractivity contribution in [1.29, 1.82) is 0 Å². The van der Waals surface area contributed by atoms with E-state index in [4.69, 9.17) is 14.2 Å². The number of benzene rings is 2. The summed E-state index contributed by atoms with van der Waals surface area (Å²) in [7, 11) is 2.98. The molecule has 2 aromatic carbocycles. The third kappa shape index (κ3) is 6.03. The summed E-state index contributed by atoms with van der Waals surface area (Å²) < 4.78 is 28.4. The number of nitro benzene ring substituents is 1. The molecule has 10 heteroatoms. The second kappa shape index (κ2) is 9.83. The fourth-order valence-corrected chi connectivity index (χ4v) is 2.23. The molecule has 1 N–H and O–H groups in total. The number of halogens is 1. The molecule has 2 aromatic rings. The second-order valence-corrected chi connectivity index (χ2v) is 5.52. The quantitative estimate of drug-likeness (QED) is 0.311. The van der Waals surface area contributed by atoms with Crippen molar-refractivity contribution in [3.8, 4) is 11.5 Å². The lowest BCUT2D eigenvalue weighted by atomic mass is 10.2. The van der Waals surface area contributed by atoms with Crippen molar-refractivity contribution in [1.82, 2.24) is 0 Å². The third-order valence-electron chi connectivity index (χ3n) is 3.61. The average Bonchev–Trinajstić information content (AvgIpc) is 2.71. The number of nitro groups is 1. The van der Waals surface area contributed by atoms with E-state index in [0.717, 1.165) is 24.3 Å². The van der Waals surface area contributed by atoms with Crippen LogP contribution in [0.5, 0.6) is 11.5 Å². The van der Waals surface area contributed by atoms with Gasteiger partial charge in [0.05, 0.1) is 19.1 Å². The van der Waals surface area contributed by atoms with Crippen LogP contribution in [0.1, 0.15) is 5.56 Å². The molecular formula is C19H17FN2O7. The minimum Gasteiger partial charge on any atom is -0.497 e. The first kappa shape index (κ1) is 21.4. The van der Waals surface area contributed by atoms with Crippen molar-refractivity contribution in [3.05, 3.63) is 64.0 Å². The number of rotatable bonds is 8. The molecule has 0 radical (unpaired) electrons. The van der Waals surface area contributed by atoms with E-state index in [1.807, 2.05) is 0 Å². The van der Waals surface area contributed by atoms with Crippen LogP contribution in [0.15, 0.2) is 42.5 Å². The first-order valence-electron chi connectivity index (χ1n) is 8.14. The van der Waals surface area contributed by atoms with Gasteiger partial charge in [0, 0.05) is 29.5 Å². The monoisotopic (exact) mass is 404 g/mol. The molecule has 0 aliphatic carbocycles. The van der Waals surface area contributed by atoms with Crippen molar-refractivity contribution in [3.63, 3.8) is 0 Å². The van der Waals surface area contributed by atoms with Gasteiger partial charge in [-0.15, -0.1) is 0 Å². The van der Waals surface area contributed by atoms with Crippen LogP contribution in [0.4, 0.5) is 15.8 Å². The zero-order valence-electron chi connectivity index (χ0n) is 15.5. The molecule has 0 saturated carbocycles. The molecule has 0 spiro atoms. The maximum absolute atomic E-state index is 13.3. The van der Waals surface area contributed by atoms with Crippen molar-refractivity contribution in [2.75, 3.05) is 26.1 Å². The van der Waals surface area contributed by atoms with Crippen LogP contribution in [0.2, 0.25) is 0 Å². The Morgan fingerprint density at radius 2 is 1.93 bits per heavy atom. The third-order valence-corrected chi connectivity index (χ3v) is 3.61. The number of amides is 1. The first-order chi connectivity index (χ1) is 13.8. The summed E-state index contributed by atoms with van der Waals surface area (Å²) in [6, 6.07) is 7.87. The molecule has 0 fully saturated rings. The standard InChI is InChI=1S/C19H17FN2O7/c1-27-14-6-3-12(17(10-14)28-2)4-8-19(24)29-11-18(23)21-13-5-7-15(20)16(9-13)22(25)26/h3-10H,11H2,1-2H3,(H,21,23)/b8-4+. The van der Waals surface area contributed by atoms with Crippen molar-refractivity contribution in [2.24, 2.45) is 0 Å². The van der Waals surface area contributed by atoms with Crippen LogP contribution in [0.25, 0.3) is 6.08 Å². The fourth-order valence-electron chi connectivity index (χ4n) is 2.23. The molecule has 152 valence electrons. The summed E-state index contributed by atoms with van der Waals surface area (Å²) in [4.78, 5) is 33.4. The predicted molar refractivity (Wildman–Crippen MR) is 101 cm³/mol. The van der Waals surface area contributed by atoms with E-state index in [1.54, 1.807) is 18.2 Å². The predicted octanol–water partition coefficient (Wildman–Crippen LogP) is 2.95. The van der Waals surface area contributed by atoms with Crippen LogP contribution < -0.4 is 14.8 Å². The molecule has 0 bridgehead atoms. The Labute approximate surface area is 164 Å². The Kier molecular flexibility index (Phi) is 7.24. The first-order valence-corrected chi connectivity index (χ1v) is 8.14. The van der Waals surface area contributed by atoms with Crippen LogP contribution in [-0.2, 0) is 14.3 Å². The van der Waals surface area contributed by atoms with Gasteiger partial charge in [-0.25, -0.2) is 4.79 Å². The zero-order chi connectivity index (χ0) is 21.4. The molecule has 0 unspecified atom stereocenters. The fraction of sp³-hybridized carbons (Fsp3) is 0.158. The number of hydrogen-bond acceptors (Lipinski definition) is 7. The maximum Gasteiger partial charge on any atom is 0.331 e. The highest BCUT2D eigenvalue weighted by molar-refractivity contribution is 5.95. The van der Waals surface area contributed by atoms with E-state index in [1.165, 1.54) is 20.3 Å². The van der Waals surface area contributed by atoms with E-state index in [9.17, 15) is 24.1 Å². The van der Waals surface area contributed by atoms with Gasteiger partial charge in [0.2, 0.25) is 5.82 Å². The van der Waals surface area contributed by atoms with Gasteiger partial charge < -0.3 is 19.5 Å². The number of hydrogen-bond donors (Lipinski definition) is 1. The highest BCUT2D eigenvalue weighted by atomic mass is 19.1. The number of methoxy groups -OCH3 is 2. The van der Waals surface area contributed by atoms with Gasteiger partial charge >= 0.3 is 11.7 Å². The Morgan fingerprint density at radius 1 is 1.17 bits per heavy atom. The lowest BCUT2D eigenvalue weighted by Crippen LogP contribution is -2.20. The van der Waals surface area contributed by atoms with Gasteiger partial charge in [0.25, 0.3) is 5.91 Å². The molecule has 1 amide bonds. The van der Waals surface area contributed by atoms with Gasteiger partial charge in [-0.2, -0.15) is 4.39 Å². The number of nitrogens with one attached hydrogen (secondary N) is 1. The second-order valence-electron chi connectivity index (χ2n) is 5.52. The van der Waals surface area contributed by atoms with Crippen molar-refractivity contribution < 1.29 is 33.1 Å². The van der Waals surface area contributed by atoms with Gasteiger partial charge in [0.15, 0.2) is 6.61 Å². The lowest BCUT2D eigenvalue weighted by molar-refractivity contribution is -0.387. The molecule has 0 aliphatic rings. The van der Waals surface area contributed by atoms with E-state index in [2.05, 4.69) is 5.32 Å². The number of anilines is 1. The highest BCUT2D eigenvalue weighted by Crippen LogP contribution is 2.25. The smallest absolute Gasteiger partial charge is 0.331 e. The van der Waals surface area contributed by atoms with E-state index in [-0.39, 0.29) is 5.69 Å². The average molecular weight is 404 g/mol. The minimum atomic E-state index is -1.03. The Balaban J connectivity index is 1.92. The van der Waals surface area contributed by atoms with Gasteiger partial charge in [-0.1, -0.05) is 0 Å². The zero-order valence-corrected chi connectivity index (χ0v) is 15.5. The molecule has 0 aromatic heterocycles. The number of esters is 1. The molecule has 2 rings (SSSR count). The molecular weight excluding hydrogens is 387 g/mol. The SMILES string of the molecule is COc1ccc(/C=C/C(=O)OCC(=O)Nc2ccc(F)c([N+](=O)[O-])c2)c(OC)c1. The number of ether oxygens (including phenoxy) is 3. The van der Waals surface area contributed by atoms with E-state index in [0.29, 0.717) is 17.1 Å². The summed E-state index contributed by atoms with van der Waals surface area (Å²) in [5.41, 5.74) is -0.192. The Hall–Kier alpha value is -3.95. The number of carbonyl (C=O) groups excluding carboxylic acids is 2. The number of nitrogens with zero attached hydrogens (tertiary/aromatic N) is 1. The summed E-state index contributed by atoms with van der Waals surface area (Å²) >= 11 is 0. The normalized spacial score (nSPS) is 10.4. The van der Waals surface area contributed by atoms with Gasteiger partial charge in [-0.3, -0.25) is 14.9 Å². The molecule has 9 nitrogen and oxygen atoms in total. The van der Waals surface area contributed by atoms with Gasteiger partial charge in [-0.05, 0) is 30.3 Å². The van der Waals surface area contributed by atoms with Gasteiger partial charge in [0.1, 0.15) is 11.5 Å². The van der Waals surface area contributed by atoms with Crippen LogP contribution in [-0.4, -0.2) is 37.6 Å². The molecule has 0 atom stereocenters. The van der Waals surface area contributed by atoms with Crippen LogP contribution in [0.3, 0.4) is 0 Å². The van der Waals surface area contributed by atoms with E-state index < -0.39 is 34.9 Å². The Morgan fingerprint density at radius 3 is 2.59 bits per heavy atom. The van der Waals surface area contributed by atoms with Crippen molar-refractivity contribution >= 4 is 29.3 Å². The summed E-state index contributed by atoms with van der Waals surface area (Å²) in [6.07, 6.45) is 2.56. The van der Waals surface area contributed by atoms with Crippen LogP contribution >= 0.6 is 0 Å². The summed E-state index contributed by atoms with van der Waals surface area (Å²) in [5.74, 6) is -1.50. The summed E-state index contributed by atoms with van der Waals surface area (Å²) in [6.45, 7) is -0.631. The van der Waals surface area contributed by atoms with Crippen molar-refractivity contribution in [2.45, 2.75) is 0 Å². The number of carbonyl (C=O) groups is 2. The molecule has 0 aliphatic heterocycles. The Bertz CT molecular complexity index is 960. The van der Waals surface area contributed by atoms with Crippen LogP contribution in [0, 0.1) is 15.9 Å². The highest BCUT2D eigenvalue weighted by Gasteiger charge is 2.15. The molecule has 29 heavy (non-hydrogen) atoms. The molecule has 0 heterocycles. The minimum absolute atomic E-state index is 0.00217. The largest absolute Gasteiger partial charge is 0.497 e. The molecule has 0 saturated heterocycles. The summed E-state index contributed by atoms with van der Waals surface area (Å²) in [5, 5.41) is 13.0.